The summed E-state index contributed by atoms with van der Waals surface area (Å²) >= 11 is 0. The van der Waals surface area contributed by atoms with Crippen molar-refractivity contribution in [2.75, 3.05) is 6.54 Å². The molecule has 5 nitrogen and oxygen atoms in total. The van der Waals surface area contributed by atoms with Crippen LogP contribution in [-0.4, -0.2) is 24.6 Å². The number of carbonyl (C=O) groups excluding carboxylic acids is 2. The van der Waals surface area contributed by atoms with Crippen LogP contribution in [0.15, 0.2) is 59.7 Å². The van der Waals surface area contributed by atoms with Crippen LogP contribution in [0.5, 0.6) is 0 Å². The lowest BCUT2D eigenvalue weighted by Crippen LogP contribution is -2.31. The molecule has 0 saturated heterocycles. The van der Waals surface area contributed by atoms with Crippen LogP contribution >= 0.6 is 0 Å². The smallest absolute Gasteiger partial charge is 0.249 e. The molecule has 2 aromatic carbocycles. The summed E-state index contributed by atoms with van der Waals surface area (Å²) < 4.78 is 12.7. The van der Waals surface area contributed by atoms with Crippen LogP contribution in [0.3, 0.4) is 0 Å². The number of amides is 2. The van der Waals surface area contributed by atoms with Crippen LogP contribution in [0.1, 0.15) is 17.5 Å². The van der Waals surface area contributed by atoms with Crippen LogP contribution in [-0.2, 0) is 16.0 Å². The highest BCUT2D eigenvalue weighted by Crippen LogP contribution is 2.00. The minimum absolute atomic E-state index is 0.296. The standard InChI is InChI=1S/C18H18FN3O2/c19-16-8-6-15(7-9-16)13-21-22-18(24)12-17(23)20-11-10-14-4-2-1-3-5-14/h1-9,13H,10-12H2,(H,20,23)(H,22,24)/b21-13+. The molecule has 0 bridgehead atoms. The normalized spacial score (nSPS) is 10.5. The average molecular weight is 327 g/mol. The van der Waals surface area contributed by atoms with E-state index < -0.39 is 5.91 Å². The molecule has 0 atom stereocenters. The van der Waals surface area contributed by atoms with Gasteiger partial charge in [0.25, 0.3) is 0 Å². The van der Waals surface area contributed by atoms with Crippen molar-refractivity contribution in [1.29, 1.82) is 0 Å². The SMILES string of the molecule is O=C(CC(=O)N/N=C/c1ccc(F)cc1)NCCc1ccccc1. The Morgan fingerprint density at radius 2 is 1.71 bits per heavy atom. The number of carbonyl (C=O) groups is 2. The molecule has 0 aliphatic carbocycles. The lowest BCUT2D eigenvalue weighted by molar-refractivity contribution is -0.129. The van der Waals surface area contributed by atoms with Crippen LogP contribution in [0, 0.1) is 5.82 Å². The van der Waals surface area contributed by atoms with Crippen molar-refractivity contribution in [2.45, 2.75) is 12.8 Å². The molecule has 0 aliphatic rings. The van der Waals surface area contributed by atoms with Gasteiger partial charge in [-0.25, -0.2) is 9.82 Å². The van der Waals surface area contributed by atoms with Gasteiger partial charge in [-0.1, -0.05) is 42.5 Å². The summed E-state index contributed by atoms with van der Waals surface area (Å²) in [5.41, 5.74) is 4.02. The quantitative estimate of drug-likeness (QED) is 0.464. The number of hydrogen-bond acceptors (Lipinski definition) is 3. The van der Waals surface area contributed by atoms with Gasteiger partial charge in [-0.05, 0) is 29.7 Å². The predicted octanol–water partition coefficient (Wildman–Crippen LogP) is 2.02. The highest BCUT2D eigenvalue weighted by molar-refractivity contribution is 5.97. The van der Waals surface area contributed by atoms with Crippen molar-refractivity contribution in [1.82, 2.24) is 10.7 Å². The molecule has 2 amide bonds. The molecule has 0 radical (unpaired) electrons. The zero-order valence-corrected chi connectivity index (χ0v) is 13.0. The van der Waals surface area contributed by atoms with Gasteiger partial charge in [0.05, 0.1) is 6.21 Å². The largest absolute Gasteiger partial charge is 0.355 e. The molecule has 2 N–H and O–H groups in total. The van der Waals surface area contributed by atoms with E-state index in [1.807, 2.05) is 30.3 Å². The lowest BCUT2D eigenvalue weighted by Gasteiger charge is -2.04. The highest BCUT2D eigenvalue weighted by Gasteiger charge is 2.07. The van der Waals surface area contributed by atoms with Crippen molar-refractivity contribution < 1.29 is 14.0 Å². The molecule has 24 heavy (non-hydrogen) atoms. The predicted molar refractivity (Wildman–Crippen MR) is 89.9 cm³/mol. The molecule has 0 aliphatic heterocycles. The third kappa shape index (κ3) is 6.39. The van der Waals surface area contributed by atoms with E-state index in [1.54, 1.807) is 0 Å². The van der Waals surface area contributed by atoms with E-state index >= 15 is 0 Å². The lowest BCUT2D eigenvalue weighted by atomic mass is 10.1. The number of benzene rings is 2. The summed E-state index contributed by atoms with van der Waals surface area (Å²) in [6, 6.07) is 15.4. The van der Waals surface area contributed by atoms with Gasteiger partial charge in [-0.3, -0.25) is 9.59 Å². The first-order valence-electron chi connectivity index (χ1n) is 7.51. The van der Waals surface area contributed by atoms with Crippen LogP contribution in [0.2, 0.25) is 0 Å². The second-order valence-electron chi connectivity index (χ2n) is 5.11. The van der Waals surface area contributed by atoms with Gasteiger partial charge in [-0.2, -0.15) is 5.10 Å². The number of rotatable bonds is 7. The molecule has 0 spiro atoms. The highest BCUT2D eigenvalue weighted by atomic mass is 19.1. The summed E-state index contributed by atoms with van der Waals surface area (Å²) in [4.78, 5) is 23.2. The maximum absolute atomic E-state index is 12.7. The van der Waals surface area contributed by atoms with E-state index in [2.05, 4.69) is 15.8 Å². The fourth-order valence-corrected chi connectivity index (χ4v) is 1.97. The third-order valence-electron chi connectivity index (χ3n) is 3.17. The van der Waals surface area contributed by atoms with Gasteiger partial charge in [0.1, 0.15) is 12.2 Å². The Balaban J connectivity index is 1.66. The third-order valence-corrected chi connectivity index (χ3v) is 3.17. The molecule has 2 rings (SSSR count). The molecule has 0 aromatic heterocycles. The number of nitrogens with one attached hydrogen (secondary N) is 2. The van der Waals surface area contributed by atoms with E-state index in [0.29, 0.717) is 18.5 Å². The number of hydrogen-bond donors (Lipinski definition) is 2. The van der Waals surface area contributed by atoms with Crippen molar-refractivity contribution >= 4 is 18.0 Å². The number of halogens is 1. The summed E-state index contributed by atoms with van der Waals surface area (Å²) in [5.74, 6) is -1.21. The monoisotopic (exact) mass is 327 g/mol. The Kier molecular flexibility index (Phi) is 6.64. The van der Waals surface area contributed by atoms with Gasteiger partial charge in [-0.15, -0.1) is 0 Å². The van der Waals surface area contributed by atoms with Crippen LogP contribution in [0.25, 0.3) is 0 Å². The van der Waals surface area contributed by atoms with E-state index in [9.17, 15) is 14.0 Å². The zero-order valence-electron chi connectivity index (χ0n) is 13.0. The molecule has 0 heterocycles. The van der Waals surface area contributed by atoms with E-state index in [-0.39, 0.29) is 18.1 Å². The second kappa shape index (κ2) is 9.19. The molecule has 2 aromatic rings. The first kappa shape index (κ1) is 17.3. The molecular formula is C18H18FN3O2. The molecule has 0 unspecified atom stereocenters. The second-order valence-corrected chi connectivity index (χ2v) is 5.11. The molecule has 0 fully saturated rings. The summed E-state index contributed by atoms with van der Waals surface area (Å²) in [5, 5.41) is 6.41. The fourth-order valence-electron chi connectivity index (χ4n) is 1.97. The van der Waals surface area contributed by atoms with Gasteiger partial charge >= 0.3 is 0 Å². The summed E-state index contributed by atoms with van der Waals surface area (Å²) in [6.45, 7) is 0.467. The van der Waals surface area contributed by atoms with Crippen LogP contribution in [0.4, 0.5) is 4.39 Å². The molecule has 6 heteroatoms. The fraction of sp³-hybridized carbons (Fsp3) is 0.167. The van der Waals surface area contributed by atoms with Crippen molar-refractivity contribution in [3.63, 3.8) is 0 Å². The van der Waals surface area contributed by atoms with Gasteiger partial charge in [0.2, 0.25) is 11.8 Å². The van der Waals surface area contributed by atoms with E-state index in [0.717, 1.165) is 5.56 Å². The average Bonchev–Trinajstić information content (AvgIpc) is 2.57. The first-order valence-corrected chi connectivity index (χ1v) is 7.51. The first-order chi connectivity index (χ1) is 11.6. The van der Waals surface area contributed by atoms with Gasteiger partial charge < -0.3 is 5.32 Å². The Labute approximate surface area is 139 Å². The van der Waals surface area contributed by atoms with Crippen molar-refractivity contribution in [3.8, 4) is 0 Å². The van der Waals surface area contributed by atoms with Crippen LogP contribution < -0.4 is 10.7 Å². The Morgan fingerprint density at radius 3 is 2.42 bits per heavy atom. The Hall–Kier alpha value is -3.02. The number of nitrogens with zero attached hydrogens (tertiary/aromatic N) is 1. The number of hydrazone groups is 1. The molecule has 124 valence electrons. The molecular weight excluding hydrogens is 309 g/mol. The summed E-state index contributed by atoms with van der Waals surface area (Å²) in [7, 11) is 0. The van der Waals surface area contributed by atoms with Gasteiger partial charge in [0, 0.05) is 6.54 Å². The minimum atomic E-state index is -0.509. The topological polar surface area (TPSA) is 70.6 Å². The van der Waals surface area contributed by atoms with E-state index in [4.69, 9.17) is 0 Å². The zero-order chi connectivity index (χ0) is 17.2. The van der Waals surface area contributed by atoms with Gasteiger partial charge in [0.15, 0.2) is 0 Å². The Bertz CT molecular complexity index is 700. The van der Waals surface area contributed by atoms with Crippen molar-refractivity contribution in [2.24, 2.45) is 5.10 Å². The maximum Gasteiger partial charge on any atom is 0.249 e. The maximum atomic E-state index is 12.7. The van der Waals surface area contributed by atoms with Crippen molar-refractivity contribution in [3.05, 3.63) is 71.5 Å². The molecule has 0 saturated carbocycles. The Morgan fingerprint density at radius 1 is 1.00 bits per heavy atom. The minimum Gasteiger partial charge on any atom is -0.355 e. The van der Waals surface area contributed by atoms with E-state index in [1.165, 1.54) is 30.5 Å². The summed E-state index contributed by atoms with van der Waals surface area (Å²) in [6.07, 6.45) is 1.79.